The molecule has 7 heteroatoms. The van der Waals surface area contributed by atoms with Crippen LogP contribution < -0.4 is 5.32 Å². The molecule has 112 valence electrons. The van der Waals surface area contributed by atoms with Crippen molar-refractivity contribution < 1.29 is 21.6 Å². The molecule has 0 unspecified atom stereocenters. The van der Waals surface area contributed by atoms with Crippen molar-refractivity contribution in [2.24, 2.45) is 0 Å². The van der Waals surface area contributed by atoms with E-state index >= 15 is 0 Å². The van der Waals surface area contributed by atoms with E-state index in [4.69, 9.17) is 0 Å². The lowest BCUT2D eigenvalue weighted by Crippen LogP contribution is -2.06. The molecule has 2 aromatic rings. The predicted molar refractivity (Wildman–Crippen MR) is 73.2 cm³/mol. The number of hydrogen-bond donors (Lipinski definition) is 1. The smallest absolute Gasteiger partial charge is 0.175 e. The van der Waals surface area contributed by atoms with Crippen LogP contribution in [0, 0.1) is 17.5 Å². The minimum absolute atomic E-state index is 0.0131. The summed E-state index contributed by atoms with van der Waals surface area (Å²) in [7, 11) is -3.48. The average molecular weight is 315 g/mol. The molecule has 0 heterocycles. The highest BCUT2D eigenvalue weighted by atomic mass is 32.2. The van der Waals surface area contributed by atoms with Gasteiger partial charge in [0, 0.05) is 18.4 Å². The van der Waals surface area contributed by atoms with Crippen molar-refractivity contribution in [3.63, 3.8) is 0 Å². The Balaban J connectivity index is 2.26. The Morgan fingerprint density at radius 3 is 2.33 bits per heavy atom. The van der Waals surface area contributed by atoms with Crippen molar-refractivity contribution in [2.45, 2.75) is 11.4 Å². The number of sulfone groups is 1. The van der Waals surface area contributed by atoms with Crippen molar-refractivity contribution in [2.75, 3.05) is 11.6 Å². The molecule has 1 N–H and O–H groups in total. The Kier molecular flexibility index (Phi) is 4.22. The van der Waals surface area contributed by atoms with E-state index in [1.807, 2.05) is 0 Å². The zero-order chi connectivity index (χ0) is 15.6. The van der Waals surface area contributed by atoms with Crippen LogP contribution >= 0.6 is 0 Å². The molecular formula is C14H12F3NO2S. The largest absolute Gasteiger partial charge is 0.378 e. The van der Waals surface area contributed by atoms with Gasteiger partial charge in [-0.25, -0.2) is 21.6 Å². The Hall–Kier alpha value is -2.02. The van der Waals surface area contributed by atoms with Crippen molar-refractivity contribution in [3.05, 3.63) is 59.4 Å². The summed E-state index contributed by atoms with van der Waals surface area (Å²) in [5.41, 5.74) is -0.0826. The summed E-state index contributed by atoms with van der Waals surface area (Å²) in [6.07, 6.45) is 0.996. The highest BCUT2D eigenvalue weighted by Gasteiger charge is 2.12. The van der Waals surface area contributed by atoms with E-state index in [0.717, 1.165) is 42.7 Å². The third-order valence-electron chi connectivity index (χ3n) is 2.84. The summed E-state index contributed by atoms with van der Waals surface area (Å²) in [5, 5.41) is 2.56. The van der Waals surface area contributed by atoms with Gasteiger partial charge in [0.25, 0.3) is 0 Å². The first-order chi connectivity index (χ1) is 9.77. The van der Waals surface area contributed by atoms with Crippen LogP contribution in [0.15, 0.2) is 41.3 Å². The number of benzene rings is 2. The topological polar surface area (TPSA) is 46.2 Å². The molecule has 0 bridgehead atoms. The highest BCUT2D eigenvalue weighted by molar-refractivity contribution is 7.90. The van der Waals surface area contributed by atoms with Crippen molar-refractivity contribution in [1.82, 2.24) is 0 Å². The van der Waals surface area contributed by atoms with E-state index in [1.54, 1.807) is 0 Å². The van der Waals surface area contributed by atoms with Crippen LogP contribution in [-0.4, -0.2) is 14.7 Å². The van der Waals surface area contributed by atoms with E-state index in [1.165, 1.54) is 0 Å². The fourth-order valence-corrected chi connectivity index (χ4v) is 2.39. The molecule has 0 aliphatic heterocycles. The standard InChI is InChI=1S/C14H12F3NO2S/c1-21(19,20)11-3-5-13(17)14(7-11)18-8-9-6-10(15)2-4-12(9)16/h2-7,18H,8H2,1H3. The van der Waals surface area contributed by atoms with Gasteiger partial charge >= 0.3 is 0 Å². The van der Waals surface area contributed by atoms with Gasteiger partial charge in [-0.15, -0.1) is 0 Å². The van der Waals surface area contributed by atoms with Crippen LogP contribution in [0.2, 0.25) is 0 Å². The second-order valence-electron chi connectivity index (χ2n) is 4.50. The molecule has 0 atom stereocenters. The SMILES string of the molecule is CS(=O)(=O)c1ccc(F)c(NCc2cc(F)ccc2F)c1. The molecule has 0 saturated heterocycles. The minimum atomic E-state index is -3.48. The Bertz CT molecular complexity index is 776. The van der Waals surface area contributed by atoms with Crippen LogP contribution in [0.3, 0.4) is 0 Å². The van der Waals surface area contributed by atoms with E-state index in [9.17, 15) is 21.6 Å². The molecule has 0 saturated carbocycles. The van der Waals surface area contributed by atoms with Gasteiger partial charge in [0.05, 0.1) is 10.6 Å². The quantitative estimate of drug-likeness (QED) is 0.882. The van der Waals surface area contributed by atoms with Crippen molar-refractivity contribution >= 4 is 15.5 Å². The van der Waals surface area contributed by atoms with Gasteiger partial charge in [-0.1, -0.05) is 0 Å². The maximum absolute atomic E-state index is 13.6. The number of hydrogen-bond acceptors (Lipinski definition) is 3. The Morgan fingerprint density at radius 1 is 1.00 bits per heavy atom. The highest BCUT2D eigenvalue weighted by Crippen LogP contribution is 2.21. The minimum Gasteiger partial charge on any atom is -0.378 e. The first kappa shape index (κ1) is 15.4. The van der Waals surface area contributed by atoms with Crippen molar-refractivity contribution in [3.8, 4) is 0 Å². The van der Waals surface area contributed by atoms with Crippen LogP contribution in [0.5, 0.6) is 0 Å². The lowest BCUT2D eigenvalue weighted by atomic mass is 10.2. The van der Waals surface area contributed by atoms with Crippen LogP contribution in [-0.2, 0) is 16.4 Å². The summed E-state index contributed by atoms with van der Waals surface area (Å²) in [4.78, 5) is -0.0638. The molecule has 0 aromatic heterocycles. The van der Waals surface area contributed by atoms with E-state index in [0.29, 0.717) is 0 Å². The molecule has 0 aliphatic rings. The maximum Gasteiger partial charge on any atom is 0.175 e. The molecule has 0 aliphatic carbocycles. The number of nitrogens with one attached hydrogen (secondary N) is 1. The first-order valence-electron chi connectivity index (χ1n) is 5.95. The predicted octanol–water partition coefficient (Wildman–Crippen LogP) is 3.12. The number of halogens is 3. The van der Waals surface area contributed by atoms with Gasteiger partial charge in [0.1, 0.15) is 17.5 Å². The summed E-state index contributed by atoms with van der Waals surface area (Å²) in [6, 6.07) is 6.18. The molecule has 3 nitrogen and oxygen atoms in total. The lowest BCUT2D eigenvalue weighted by molar-refractivity contribution is 0.586. The van der Waals surface area contributed by atoms with Gasteiger partial charge in [-0.3, -0.25) is 0 Å². The zero-order valence-electron chi connectivity index (χ0n) is 11.0. The zero-order valence-corrected chi connectivity index (χ0v) is 11.8. The Morgan fingerprint density at radius 2 is 1.67 bits per heavy atom. The van der Waals surface area contributed by atoms with Crippen molar-refractivity contribution in [1.29, 1.82) is 0 Å². The third-order valence-corrected chi connectivity index (χ3v) is 3.95. The first-order valence-corrected chi connectivity index (χ1v) is 7.84. The molecule has 0 radical (unpaired) electrons. The molecule has 0 spiro atoms. The van der Waals surface area contributed by atoms with E-state index in [-0.39, 0.29) is 22.7 Å². The lowest BCUT2D eigenvalue weighted by Gasteiger charge is -2.10. The van der Waals surface area contributed by atoms with Gasteiger partial charge in [-0.2, -0.15) is 0 Å². The van der Waals surface area contributed by atoms with E-state index in [2.05, 4.69) is 5.32 Å². The summed E-state index contributed by atoms with van der Waals surface area (Å²) < 4.78 is 62.9. The fraction of sp³-hybridized carbons (Fsp3) is 0.143. The molecule has 0 fully saturated rings. The average Bonchev–Trinajstić information content (AvgIpc) is 2.40. The number of rotatable bonds is 4. The second kappa shape index (κ2) is 5.77. The molecule has 2 rings (SSSR count). The van der Waals surface area contributed by atoms with E-state index < -0.39 is 27.3 Å². The normalized spacial score (nSPS) is 11.4. The summed E-state index contributed by atoms with van der Waals surface area (Å²) in [6.45, 7) is -0.173. The third kappa shape index (κ3) is 3.75. The molecule has 21 heavy (non-hydrogen) atoms. The van der Waals surface area contributed by atoms with Crippen LogP contribution in [0.1, 0.15) is 5.56 Å². The Labute approximate surface area is 120 Å². The summed E-state index contributed by atoms with van der Waals surface area (Å²) >= 11 is 0. The number of anilines is 1. The monoisotopic (exact) mass is 315 g/mol. The fourth-order valence-electron chi connectivity index (χ4n) is 1.74. The van der Waals surface area contributed by atoms with Crippen LogP contribution in [0.25, 0.3) is 0 Å². The van der Waals surface area contributed by atoms with Gasteiger partial charge in [0.2, 0.25) is 0 Å². The maximum atomic E-state index is 13.6. The molecular weight excluding hydrogens is 303 g/mol. The molecule has 2 aromatic carbocycles. The summed E-state index contributed by atoms with van der Waals surface area (Å²) in [5.74, 6) is -1.93. The second-order valence-corrected chi connectivity index (χ2v) is 6.52. The van der Waals surface area contributed by atoms with Gasteiger partial charge in [-0.05, 0) is 36.4 Å². The van der Waals surface area contributed by atoms with Gasteiger partial charge in [0.15, 0.2) is 9.84 Å². The van der Waals surface area contributed by atoms with Gasteiger partial charge < -0.3 is 5.32 Å². The van der Waals surface area contributed by atoms with Crippen LogP contribution in [0.4, 0.5) is 18.9 Å². The molecule has 0 amide bonds.